The summed E-state index contributed by atoms with van der Waals surface area (Å²) in [4.78, 5) is 39.2. The number of benzene rings is 2. The van der Waals surface area contributed by atoms with Crippen molar-refractivity contribution in [2.75, 3.05) is 12.0 Å². The van der Waals surface area contributed by atoms with Gasteiger partial charge in [-0.25, -0.2) is 4.79 Å². The molecule has 1 heterocycles. The molecule has 31 heavy (non-hydrogen) atoms. The summed E-state index contributed by atoms with van der Waals surface area (Å²) in [5, 5.41) is 0. The zero-order valence-corrected chi connectivity index (χ0v) is 18.8. The molecule has 5 nitrogen and oxygen atoms in total. The van der Waals surface area contributed by atoms with E-state index in [4.69, 9.17) is 4.74 Å². The Bertz CT molecular complexity index is 1110. The summed E-state index contributed by atoms with van der Waals surface area (Å²) in [6, 6.07) is 14.7. The Morgan fingerprint density at radius 3 is 2.23 bits per heavy atom. The average Bonchev–Trinajstić information content (AvgIpc) is 2.96. The van der Waals surface area contributed by atoms with E-state index >= 15 is 0 Å². The van der Waals surface area contributed by atoms with Gasteiger partial charge in [0.2, 0.25) is 0 Å². The van der Waals surface area contributed by atoms with Crippen LogP contribution in [0.1, 0.15) is 56.1 Å². The molecule has 1 aliphatic rings. The fourth-order valence-electron chi connectivity index (χ4n) is 3.60. The smallest absolute Gasteiger partial charge is 0.340 e. The summed E-state index contributed by atoms with van der Waals surface area (Å²) in [6.07, 6.45) is 1.71. The number of rotatable bonds is 4. The molecule has 1 aliphatic heterocycles. The van der Waals surface area contributed by atoms with Crippen molar-refractivity contribution in [1.29, 1.82) is 0 Å². The van der Waals surface area contributed by atoms with E-state index in [0.717, 1.165) is 5.56 Å². The molecule has 0 unspecified atom stereocenters. The quantitative estimate of drug-likeness (QED) is 0.396. The molecule has 0 fully saturated rings. The monoisotopic (exact) mass is 417 g/mol. The third kappa shape index (κ3) is 4.36. The van der Waals surface area contributed by atoms with Gasteiger partial charge in [0.15, 0.2) is 5.78 Å². The molecule has 3 rings (SSSR count). The molecule has 0 spiro atoms. The predicted molar refractivity (Wildman–Crippen MR) is 122 cm³/mol. The van der Waals surface area contributed by atoms with Gasteiger partial charge in [-0.1, -0.05) is 57.2 Å². The Hall–Kier alpha value is -3.47. The van der Waals surface area contributed by atoms with E-state index in [2.05, 4.69) is 20.8 Å². The number of esters is 1. The minimum absolute atomic E-state index is 0.0149. The van der Waals surface area contributed by atoms with Gasteiger partial charge in [0, 0.05) is 16.9 Å². The molecule has 1 amide bonds. The molecule has 0 aliphatic carbocycles. The van der Waals surface area contributed by atoms with Crippen LogP contribution in [0.25, 0.3) is 6.08 Å². The number of carbonyl (C=O) groups is 3. The van der Waals surface area contributed by atoms with Gasteiger partial charge in [0.05, 0.1) is 18.3 Å². The highest BCUT2D eigenvalue weighted by Crippen LogP contribution is 2.36. The van der Waals surface area contributed by atoms with Gasteiger partial charge in [-0.2, -0.15) is 0 Å². The predicted octanol–water partition coefficient (Wildman–Crippen LogP) is 5.06. The van der Waals surface area contributed by atoms with Crippen LogP contribution in [0.5, 0.6) is 0 Å². The highest BCUT2D eigenvalue weighted by molar-refractivity contribution is 6.24. The summed E-state index contributed by atoms with van der Waals surface area (Å²) >= 11 is 0. The maximum Gasteiger partial charge on any atom is 0.340 e. The number of methoxy groups -OCH3 is 1. The number of ether oxygens (including phenoxy) is 1. The minimum atomic E-state index is -0.575. The molecule has 0 saturated carbocycles. The van der Waals surface area contributed by atoms with Crippen LogP contribution in [0.4, 0.5) is 5.69 Å². The first kappa shape index (κ1) is 22.2. The van der Waals surface area contributed by atoms with Gasteiger partial charge in [-0.3, -0.25) is 14.5 Å². The first-order chi connectivity index (χ1) is 14.5. The van der Waals surface area contributed by atoms with Gasteiger partial charge < -0.3 is 4.74 Å². The van der Waals surface area contributed by atoms with Crippen molar-refractivity contribution in [2.45, 2.75) is 40.0 Å². The van der Waals surface area contributed by atoms with Crippen LogP contribution in [0.15, 0.2) is 65.4 Å². The van der Waals surface area contributed by atoms with E-state index < -0.39 is 5.97 Å². The maximum atomic E-state index is 13.4. The third-order valence-electron chi connectivity index (χ3n) is 5.39. The van der Waals surface area contributed by atoms with Gasteiger partial charge in [-0.05, 0) is 48.6 Å². The summed E-state index contributed by atoms with van der Waals surface area (Å²) in [5.74, 6) is -1.01. The van der Waals surface area contributed by atoms with Crippen molar-refractivity contribution in [3.63, 3.8) is 0 Å². The van der Waals surface area contributed by atoms with Crippen LogP contribution >= 0.6 is 0 Å². The minimum Gasteiger partial charge on any atom is -0.465 e. The standard InChI is InChI=1S/C26H27NO4/c1-16-23(25(30)31-6)22(14-18-10-12-20(13-11-18)26(3,4)5)24(29)27(16)21-9-7-8-19(15-21)17(2)28/h7-15H,1-6H3/b22-14-. The number of amides is 1. The SMILES string of the molecule is COC(=O)C1=C(C)N(c2cccc(C(C)=O)c2)C(=O)/C1=C\c1ccc(C(C)(C)C)cc1. The fraction of sp³-hybridized carbons (Fsp3) is 0.269. The fourth-order valence-corrected chi connectivity index (χ4v) is 3.60. The topological polar surface area (TPSA) is 63.7 Å². The Morgan fingerprint density at radius 1 is 1.03 bits per heavy atom. The summed E-state index contributed by atoms with van der Waals surface area (Å²) in [7, 11) is 1.29. The highest BCUT2D eigenvalue weighted by Gasteiger charge is 2.38. The maximum absolute atomic E-state index is 13.4. The van der Waals surface area contributed by atoms with Gasteiger partial charge in [0.25, 0.3) is 5.91 Å². The molecule has 5 heteroatoms. The number of ketones is 1. The van der Waals surface area contributed by atoms with Crippen molar-refractivity contribution >= 4 is 29.4 Å². The lowest BCUT2D eigenvalue weighted by atomic mass is 9.86. The Labute approximate surface area is 183 Å². The molecule has 0 atom stereocenters. The van der Waals surface area contributed by atoms with E-state index in [1.807, 2.05) is 24.3 Å². The molecular formula is C26H27NO4. The molecule has 2 aromatic carbocycles. The number of nitrogens with zero attached hydrogens (tertiary/aromatic N) is 1. The van der Waals surface area contributed by atoms with Crippen LogP contribution in [0.2, 0.25) is 0 Å². The van der Waals surface area contributed by atoms with Crippen LogP contribution < -0.4 is 4.90 Å². The second-order valence-electron chi connectivity index (χ2n) is 8.63. The average molecular weight is 418 g/mol. The molecule has 0 aromatic heterocycles. The molecule has 0 bridgehead atoms. The molecule has 0 N–H and O–H groups in total. The molecule has 0 saturated heterocycles. The van der Waals surface area contributed by atoms with Crippen molar-refractivity contribution in [3.8, 4) is 0 Å². The number of Topliss-reactive ketones (excluding diaryl/α,β-unsaturated/α-hetero) is 1. The normalized spacial score (nSPS) is 15.6. The van der Waals surface area contributed by atoms with Crippen molar-refractivity contribution < 1.29 is 19.1 Å². The van der Waals surface area contributed by atoms with Crippen molar-refractivity contribution in [3.05, 3.63) is 82.1 Å². The van der Waals surface area contributed by atoms with Gasteiger partial charge >= 0.3 is 5.97 Å². The van der Waals surface area contributed by atoms with Crippen molar-refractivity contribution in [2.24, 2.45) is 0 Å². The van der Waals surface area contributed by atoms with E-state index in [0.29, 0.717) is 16.9 Å². The molecule has 0 radical (unpaired) electrons. The van der Waals surface area contributed by atoms with E-state index in [-0.39, 0.29) is 28.3 Å². The lowest BCUT2D eigenvalue weighted by Crippen LogP contribution is -2.24. The second-order valence-corrected chi connectivity index (χ2v) is 8.63. The zero-order chi connectivity index (χ0) is 22.9. The Morgan fingerprint density at radius 2 is 1.68 bits per heavy atom. The van der Waals surface area contributed by atoms with Crippen LogP contribution in [-0.4, -0.2) is 24.8 Å². The highest BCUT2D eigenvalue weighted by atomic mass is 16.5. The van der Waals surface area contributed by atoms with E-state index in [1.165, 1.54) is 24.5 Å². The summed E-state index contributed by atoms with van der Waals surface area (Å²) in [5.41, 5.74) is 3.98. The van der Waals surface area contributed by atoms with Crippen LogP contribution in [0.3, 0.4) is 0 Å². The Balaban J connectivity index is 2.09. The van der Waals surface area contributed by atoms with Crippen molar-refractivity contribution in [1.82, 2.24) is 0 Å². The first-order valence-corrected chi connectivity index (χ1v) is 10.1. The zero-order valence-electron chi connectivity index (χ0n) is 18.8. The number of hydrogen-bond donors (Lipinski definition) is 0. The van der Waals surface area contributed by atoms with E-state index in [9.17, 15) is 14.4 Å². The number of hydrogen-bond acceptors (Lipinski definition) is 4. The van der Waals surface area contributed by atoms with Crippen LogP contribution in [0, 0.1) is 0 Å². The number of carbonyl (C=O) groups excluding carboxylic acids is 3. The summed E-state index contributed by atoms with van der Waals surface area (Å²) < 4.78 is 4.96. The lowest BCUT2D eigenvalue weighted by molar-refractivity contribution is -0.136. The molecular weight excluding hydrogens is 390 g/mol. The van der Waals surface area contributed by atoms with Gasteiger partial charge in [-0.15, -0.1) is 0 Å². The Kier molecular flexibility index (Phi) is 5.98. The second kappa shape index (κ2) is 8.34. The third-order valence-corrected chi connectivity index (χ3v) is 5.39. The van der Waals surface area contributed by atoms with Gasteiger partial charge in [0.1, 0.15) is 0 Å². The molecule has 2 aromatic rings. The first-order valence-electron chi connectivity index (χ1n) is 10.1. The molecule has 160 valence electrons. The van der Waals surface area contributed by atoms with Crippen LogP contribution in [-0.2, 0) is 19.7 Å². The summed E-state index contributed by atoms with van der Waals surface area (Å²) in [6.45, 7) is 9.58. The number of allylic oxidation sites excluding steroid dienone is 1. The van der Waals surface area contributed by atoms with E-state index in [1.54, 1.807) is 37.3 Å². The lowest BCUT2D eigenvalue weighted by Gasteiger charge is -2.19. The number of anilines is 1. The largest absolute Gasteiger partial charge is 0.465 e.